The highest BCUT2D eigenvalue weighted by molar-refractivity contribution is 5.77. The standard InChI is InChI=1S/C11H20N2O3/c1-2-16-11(15)5-7-13-10(14)8-9-4-3-6-12-9/h9,12H,2-8H2,1H3,(H,13,14). The lowest BCUT2D eigenvalue weighted by Crippen LogP contribution is -2.33. The van der Waals surface area contributed by atoms with Crippen LogP contribution in [0.4, 0.5) is 0 Å². The van der Waals surface area contributed by atoms with Crippen LogP contribution in [0.5, 0.6) is 0 Å². The lowest BCUT2D eigenvalue weighted by molar-refractivity contribution is -0.143. The fourth-order valence-electron chi connectivity index (χ4n) is 1.76. The Hall–Kier alpha value is -1.10. The van der Waals surface area contributed by atoms with Crippen LogP contribution in [0.1, 0.15) is 32.6 Å². The summed E-state index contributed by atoms with van der Waals surface area (Å²) in [6.45, 7) is 3.52. The van der Waals surface area contributed by atoms with Crippen molar-refractivity contribution in [2.24, 2.45) is 0 Å². The molecule has 1 aliphatic heterocycles. The van der Waals surface area contributed by atoms with E-state index < -0.39 is 0 Å². The average Bonchev–Trinajstić information content (AvgIpc) is 2.70. The summed E-state index contributed by atoms with van der Waals surface area (Å²) in [4.78, 5) is 22.4. The van der Waals surface area contributed by atoms with Gasteiger partial charge in [-0.1, -0.05) is 0 Å². The number of carbonyl (C=O) groups is 2. The van der Waals surface area contributed by atoms with Crippen LogP contribution in [0.3, 0.4) is 0 Å². The largest absolute Gasteiger partial charge is 0.466 e. The van der Waals surface area contributed by atoms with Gasteiger partial charge in [0.2, 0.25) is 5.91 Å². The van der Waals surface area contributed by atoms with E-state index in [-0.39, 0.29) is 18.3 Å². The first-order valence-corrected chi connectivity index (χ1v) is 5.88. The summed E-state index contributed by atoms with van der Waals surface area (Å²) in [6, 6.07) is 0.308. The van der Waals surface area contributed by atoms with Crippen molar-refractivity contribution in [3.8, 4) is 0 Å². The molecule has 1 unspecified atom stereocenters. The summed E-state index contributed by atoms with van der Waals surface area (Å²) in [5.74, 6) is -0.259. The van der Waals surface area contributed by atoms with Crippen LogP contribution in [0.25, 0.3) is 0 Å². The van der Waals surface area contributed by atoms with E-state index in [9.17, 15) is 9.59 Å². The van der Waals surface area contributed by atoms with Crippen LogP contribution in [0.15, 0.2) is 0 Å². The number of hydrogen-bond donors (Lipinski definition) is 2. The molecular formula is C11H20N2O3. The SMILES string of the molecule is CCOC(=O)CCNC(=O)CC1CCCN1. The third-order valence-electron chi connectivity index (χ3n) is 2.55. The summed E-state index contributed by atoms with van der Waals surface area (Å²) in [5.41, 5.74) is 0. The maximum atomic E-state index is 11.4. The van der Waals surface area contributed by atoms with Crippen LogP contribution in [0, 0.1) is 0 Å². The molecule has 0 aromatic carbocycles. The highest BCUT2D eigenvalue weighted by atomic mass is 16.5. The van der Waals surface area contributed by atoms with Crippen molar-refractivity contribution >= 4 is 11.9 Å². The molecule has 1 fully saturated rings. The van der Waals surface area contributed by atoms with Crippen molar-refractivity contribution in [3.05, 3.63) is 0 Å². The number of rotatable bonds is 6. The third-order valence-corrected chi connectivity index (χ3v) is 2.55. The number of nitrogens with one attached hydrogen (secondary N) is 2. The van der Waals surface area contributed by atoms with E-state index in [1.165, 1.54) is 0 Å². The lowest BCUT2D eigenvalue weighted by atomic mass is 10.1. The van der Waals surface area contributed by atoms with E-state index >= 15 is 0 Å². The second kappa shape index (κ2) is 7.22. The van der Waals surface area contributed by atoms with Gasteiger partial charge >= 0.3 is 5.97 Å². The molecule has 1 rings (SSSR count). The second-order valence-electron chi connectivity index (χ2n) is 3.90. The molecule has 0 aliphatic carbocycles. The van der Waals surface area contributed by atoms with Crippen LogP contribution >= 0.6 is 0 Å². The van der Waals surface area contributed by atoms with Gasteiger partial charge < -0.3 is 15.4 Å². The lowest BCUT2D eigenvalue weighted by Gasteiger charge is -2.10. The molecule has 0 aromatic rings. The Labute approximate surface area is 95.9 Å². The molecule has 1 amide bonds. The van der Waals surface area contributed by atoms with Crippen molar-refractivity contribution in [2.45, 2.75) is 38.6 Å². The predicted molar refractivity (Wildman–Crippen MR) is 59.9 cm³/mol. The number of hydrogen-bond acceptors (Lipinski definition) is 4. The van der Waals surface area contributed by atoms with E-state index in [2.05, 4.69) is 10.6 Å². The van der Waals surface area contributed by atoms with Gasteiger partial charge in [-0.2, -0.15) is 0 Å². The zero-order valence-corrected chi connectivity index (χ0v) is 9.75. The van der Waals surface area contributed by atoms with Crippen molar-refractivity contribution in [3.63, 3.8) is 0 Å². The Morgan fingerprint density at radius 2 is 2.31 bits per heavy atom. The van der Waals surface area contributed by atoms with E-state index in [4.69, 9.17) is 4.74 Å². The Bertz CT molecular complexity index is 237. The first-order chi connectivity index (χ1) is 7.72. The van der Waals surface area contributed by atoms with Gasteiger partial charge in [-0.05, 0) is 26.3 Å². The fourth-order valence-corrected chi connectivity index (χ4v) is 1.76. The number of ether oxygens (including phenoxy) is 1. The van der Waals surface area contributed by atoms with Gasteiger partial charge in [0.25, 0.3) is 0 Å². The van der Waals surface area contributed by atoms with E-state index in [0.717, 1.165) is 19.4 Å². The monoisotopic (exact) mass is 228 g/mol. The molecule has 0 spiro atoms. The van der Waals surface area contributed by atoms with Crippen molar-refractivity contribution in [1.82, 2.24) is 10.6 Å². The second-order valence-corrected chi connectivity index (χ2v) is 3.90. The molecule has 0 aromatic heterocycles. The van der Waals surface area contributed by atoms with E-state index in [1.807, 2.05) is 0 Å². The van der Waals surface area contributed by atoms with Crippen LogP contribution < -0.4 is 10.6 Å². The normalized spacial score (nSPS) is 19.4. The molecule has 2 N–H and O–H groups in total. The molecule has 1 heterocycles. The maximum absolute atomic E-state index is 11.4. The molecule has 5 heteroatoms. The molecule has 0 radical (unpaired) electrons. The number of carbonyl (C=O) groups excluding carboxylic acids is 2. The molecule has 0 saturated carbocycles. The number of amides is 1. The molecule has 5 nitrogen and oxygen atoms in total. The summed E-state index contributed by atoms with van der Waals surface area (Å²) < 4.78 is 4.75. The Morgan fingerprint density at radius 1 is 1.50 bits per heavy atom. The van der Waals surface area contributed by atoms with Gasteiger partial charge in [0.15, 0.2) is 0 Å². The molecule has 0 bridgehead atoms. The van der Waals surface area contributed by atoms with E-state index in [1.54, 1.807) is 6.92 Å². The first kappa shape index (κ1) is 13.0. The van der Waals surface area contributed by atoms with Gasteiger partial charge in [0.1, 0.15) is 0 Å². The first-order valence-electron chi connectivity index (χ1n) is 5.88. The number of esters is 1. The van der Waals surface area contributed by atoms with Gasteiger partial charge in [0, 0.05) is 19.0 Å². The molecule has 1 saturated heterocycles. The van der Waals surface area contributed by atoms with Crippen LogP contribution in [0.2, 0.25) is 0 Å². The average molecular weight is 228 g/mol. The molecule has 92 valence electrons. The molecular weight excluding hydrogens is 208 g/mol. The summed E-state index contributed by atoms with van der Waals surface area (Å²) in [6.07, 6.45) is 2.95. The summed E-state index contributed by atoms with van der Waals surface area (Å²) in [5, 5.41) is 5.97. The third kappa shape index (κ3) is 5.11. The Morgan fingerprint density at radius 3 is 2.94 bits per heavy atom. The van der Waals surface area contributed by atoms with E-state index in [0.29, 0.717) is 25.6 Å². The topological polar surface area (TPSA) is 67.4 Å². The molecule has 16 heavy (non-hydrogen) atoms. The van der Waals surface area contributed by atoms with Crippen molar-refractivity contribution < 1.29 is 14.3 Å². The van der Waals surface area contributed by atoms with Gasteiger partial charge in [-0.25, -0.2) is 0 Å². The highest BCUT2D eigenvalue weighted by Crippen LogP contribution is 2.07. The van der Waals surface area contributed by atoms with Gasteiger partial charge in [-0.15, -0.1) is 0 Å². The van der Waals surface area contributed by atoms with Crippen molar-refractivity contribution in [1.29, 1.82) is 0 Å². The minimum absolute atomic E-state index is 0.00342. The zero-order chi connectivity index (χ0) is 11.8. The fraction of sp³-hybridized carbons (Fsp3) is 0.818. The van der Waals surface area contributed by atoms with Gasteiger partial charge in [-0.3, -0.25) is 9.59 Å². The Kier molecular flexibility index (Phi) is 5.85. The summed E-state index contributed by atoms with van der Waals surface area (Å²) in [7, 11) is 0. The van der Waals surface area contributed by atoms with Crippen LogP contribution in [-0.4, -0.2) is 37.6 Å². The summed E-state index contributed by atoms with van der Waals surface area (Å²) >= 11 is 0. The molecule has 1 atom stereocenters. The highest BCUT2D eigenvalue weighted by Gasteiger charge is 2.17. The van der Waals surface area contributed by atoms with Crippen LogP contribution in [-0.2, 0) is 14.3 Å². The van der Waals surface area contributed by atoms with Gasteiger partial charge in [0.05, 0.1) is 13.0 Å². The minimum atomic E-state index is -0.262. The smallest absolute Gasteiger partial charge is 0.307 e. The Balaban J connectivity index is 2.03. The minimum Gasteiger partial charge on any atom is -0.466 e. The quantitative estimate of drug-likeness (QED) is 0.637. The maximum Gasteiger partial charge on any atom is 0.307 e. The molecule has 1 aliphatic rings. The zero-order valence-electron chi connectivity index (χ0n) is 9.75. The van der Waals surface area contributed by atoms with Crippen molar-refractivity contribution in [2.75, 3.05) is 19.7 Å². The predicted octanol–water partition coefficient (Wildman–Crippen LogP) is 0.198.